The normalized spacial score (nSPS) is 14.7. The van der Waals surface area contributed by atoms with Crippen LogP contribution in [0.15, 0.2) is 47.7 Å². The molecule has 2 nitrogen and oxygen atoms in total. The summed E-state index contributed by atoms with van der Waals surface area (Å²) in [6, 6.07) is 8.00. The molecule has 0 aromatic heterocycles. The van der Waals surface area contributed by atoms with Gasteiger partial charge in [-0.25, -0.2) is 0 Å². The Morgan fingerprint density at radius 2 is 1.86 bits per heavy atom. The van der Waals surface area contributed by atoms with Gasteiger partial charge >= 0.3 is 0 Å². The van der Waals surface area contributed by atoms with Crippen LogP contribution in [0.3, 0.4) is 0 Å². The molecule has 1 aliphatic rings. The second-order valence-corrected chi connectivity index (χ2v) is 6.89. The van der Waals surface area contributed by atoms with Gasteiger partial charge in [-0.05, 0) is 29.0 Å². The summed E-state index contributed by atoms with van der Waals surface area (Å²) in [5, 5.41) is 0. The molecule has 1 aromatic carbocycles. The summed E-state index contributed by atoms with van der Waals surface area (Å²) in [6.45, 7) is 6.46. The van der Waals surface area contributed by atoms with Crippen LogP contribution in [0, 0.1) is 0 Å². The molecular formula is C19H25NO. The van der Waals surface area contributed by atoms with Crippen molar-refractivity contribution in [3.8, 4) is 0 Å². The van der Waals surface area contributed by atoms with E-state index in [0.29, 0.717) is 6.42 Å². The highest BCUT2D eigenvalue weighted by atomic mass is 16.1. The van der Waals surface area contributed by atoms with Gasteiger partial charge in [-0.15, -0.1) is 0 Å². The van der Waals surface area contributed by atoms with Gasteiger partial charge in [0.1, 0.15) is 0 Å². The van der Waals surface area contributed by atoms with Gasteiger partial charge in [0.2, 0.25) is 0 Å². The Bertz CT molecular complexity index is 600. The molecule has 21 heavy (non-hydrogen) atoms. The van der Waals surface area contributed by atoms with Gasteiger partial charge in [0.15, 0.2) is 5.78 Å². The maximum atomic E-state index is 12.8. The van der Waals surface area contributed by atoms with E-state index in [1.165, 1.54) is 11.3 Å². The lowest BCUT2D eigenvalue weighted by Crippen LogP contribution is -2.18. The van der Waals surface area contributed by atoms with E-state index in [2.05, 4.69) is 43.9 Å². The van der Waals surface area contributed by atoms with E-state index < -0.39 is 0 Å². The lowest BCUT2D eigenvalue weighted by Gasteiger charge is -2.22. The quantitative estimate of drug-likeness (QED) is 0.766. The van der Waals surface area contributed by atoms with Gasteiger partial charge in [0.05, 0.1) is 0 Å². The summed E-state index contributed by atoms with van der Waals surface area (Å²) in [4.78, 5) is 14.8. The fraction of sp³-hybridized carbons (Fsp3) is 0.421. The van der Waals surface area contributed by atoms with Gasteiger partial charge in [-0.2, -0.15) is 0 Å². The van der Waals surface area contributed by atoms with Crippen molar-refractivity contribution in [2.75, 3.05) is 14.1 Å². The van der Waals surface area contributed by atoms with Crippen LogP contribution in [0.5, 0.6) is 0 Å². The van der Waals surface area contributed by atoms with Crippen molar-refractivity contribution in [2.24, 2.45) is 0 Å². The third-order valence-corrected chi connectivity index (χ3v) is 3.89. The average Bonchev–Trinajstić information content (AvgIpc) is 2.86. The van der Waals surface area contributed by atoms with E-state index in [1.54, 1.807) is 0 Å². The monoisotopic (exact) mass is 283 g/mol. The number of benzene rings is 1. The van der Waals surface area contributed by atoms with Crippen molar-refractivity contribution in [1.82, 2.24) is 4.90 Å². The summed E-state index contributed by atoms with van der Waals surface area (Å²) >= 11 is 0. The van der Waals surface area contributed by atoms with Crippen LogP contribution in [0.4, 0.5) is 0 Å². The van der Waals surface area contributed by atoms with Crippen LogP contribution in [0.25, 0.3) is 0 Å². The summed E-state index contributed by atoms with van der Waals surface area (Å²) in [5.41, 5.74) is 4.37. The summed E-state index contributed by atoms with van der Waals surface area (Å²) in [5.74, 6) is 0.221. The predicted molar refractivity (Wildman–Crippen MR) is 88.6 cm³/mol. The van der Waals surface area contributed by atoms with E-state index in [-0.39, 0.29) is 11.2 Å². The third-order valence-electron chi connectivity index (χ3n) is 3.89. The third kappa shape index (κ3) is 3.44. The lowest BCUT2D eigenvalue weighted by atomic mass is 9.82. The van der Waals surface area contributed by atoms with Crippen molar-refractivity contribution in [2.45, 2.75) is 39.0 Å². The fourth-order valence-corrected chi connectivity index (χ4v) is 2.83. The molecule has 0 fully saturated rings. The number of likely N-dealkylation sites (N-methyl/N-ethyl adjacent to an activating group) is 1. The molecule has 0 amide bonds. The highest BCUT2D eigenvalue weighted by molar-refractivity contribution is 5.99. The zero-order valence-electron chi connectivity index (χ0n) is 13.7. The van der Waals surface area contributed by atoms with E-state index in [1.807, 2.05) is 32.3 Å². The van der Waals surface area contributed by atoms with Crippen molar-refractivity contribution in [1.29, 1.82) is 0 Å². The van der Waals surface area contributed by atoms with Crippen LogP contribution in [-0.2, 0) is 5.41 Å². The van der Waals surface area contributed by atoms with Crippen molar-refractivity contribution >= 4 is 5.78 Å². The van der Waals surface area contributed by atoms with Gasteiger partial charge < -0.3 is 4.90 Å². The van der Waals surface area contributed by atoms with Crippen molar-refractivity contribution < 1.29 is 4.79 Å². The number of nitrogens with zero attached hydrogens (tertiary/aromatic N) is 1. The second-order valence-electron chi connectivity index (χ2n) is 6.89. The average molecular weight is 283 g/mol. The minimum Gasteiger partial charge on any atom is -0.378 e. The Morgan fingerprint density at radius 3 is 2.48 bits per heavy atom. The molecule has 0 heterocycles. The first-order valence-electron chi connectivity index (χ1n) is 7.49. The standard InChI is InChI=1S/C19H25NO/c1-19(2,3)16-11-7-6-10-15(16)18(21)13-14-9-8-12-17(14)20(4)5/h6-8,10-12H,9,13H2,1-5H3. The maximum absolute atomic E-state index is 12.8. The molecule has 2 heteroatoms. The van der Waals surface area contributed by atoms with Crippen LogP contribution >= 0.6 is 0 Å². The van der Waals surface area contributed by atoms with Crippen LogP contribution in [-0.4, -0.2) is 24.8 Å². The summed E-state index contributed by atoms with van der Waals surface area (Å²) in [7, 11) is 4.05. The van der Waals surface area contributed by atoms with E-state index in [0.717, 1.165) is 17.5 Å². The number of allylic oxidation sites excluding steroid dienone is 3. The van der Waals surface area contributed by atoms with E-state index in [9.17, 15) is 4.79 Å². The lowest BCUT2D eigenvalue weighted by molar-refractivity contribution is 0.0990. The Balaban J connectivity index is 2.29. The second kappa shape index (κ2) is 5.88. The van der Waals surface area contributed by atoms with Crippen LogP contribution in [0.1, 0.15) is 49.5 Å². The summed E-state index contributed by atoms with van der Waals surface area (Å²) in [6.07, 6.45) is 5.64. The molecule has 0 spiro atoms. The van der Waals surface area contributed by atoms with Crippen LogP contribution in [0.2, 0.25) is 0 Å². The molecule has 0 bridgehead atoms. The number of rotatable bonds is 4. The van der Waals surface area contributed by atoms with Gasteiger partial charge in [-0.1, -0.05) is 51.1 Å². The molecule has 0 saturated heterocycles. The summed E-state index contributed by atoms with van der Waals surface area (Å²) < 4.78 is 0. The van der Waals surface area contributed by atoms with Crippen molar-refractivity contribution in [3.05, 3.63) is 58.8 Å². The molecule has 0 radical (unpaired) electrons. The number of Topliss-reactive ketones (excluding diaryl/α,β-unsaturated/α-hetero) is 1. The van der Waals surface area contributed by atoms with Crippen molar-refractivity contribution in [3.63, 3.8) is 0 Å². The Kier molecular flexibility index (Phi) is 4.36. The number of ketones is 1. The number of carbonyl (C=O) groups excluding carboxylic acids is 1. The minimum atomic E-state index is -0.0149. The molecule has 0 saturated carbocycles. The first-order chi connectivity index (χ1) is 9.80. The Hall–Kier alpha value is -1.83. The zero-order valence-corrected chi connectivity index (χ0v) is 13.7. The molecule has 0 N–H and O–H groups in total. The number of hydrogen-bond acceptors (Lipinski definition) is 2. The largest absolute Gasteiger partial charge is 0.378 e. The van der Waals surface area contributed by atoms with Gasteiger partial charge in [0, 0.05) is 31.8 Å². The first kappa shape index (κ1) is 15.6. The Morgan fingerprint density at radius 1 is 1.19 bits per heavy atom. The predicted octanol–water partition coefficient (Wildman–Crippen LogP) is 4.33. The van der Waals surface area contributed by atoms with Crippen LogP contribution < -0.4 is 0 Å². The molecule has 2 rings (SSSR count). The molecule has 0 atom stereocenters. The highest BCUT2D eigenvalue weighted by Gasteiger charge is 2.22. The molecule has 1 aromatic rings. The van der Waals surface area contributed by atoms with Gasteiger partial charge in [-0.3, -0.25) is 4.79 Å². The topological polar surface area (TPSA) is 20.3 Å². The first-order valence-corrected chi connectivity index (χ1v) is 7.49. The smallest absolute Gasteiger partial charge is 0.167 e. The van der Waals surface area contributed by atoms with E-state index >= 15 is 0 Å². The highest BCUT2D eigenvalue weighted by Crippen LogP contribution is 2.29. The van der Waals surface area contributed by atoms with Gasteiger partial charge in [0.25, 0.3) is 0 Å². The fourth-order valence-electron chi connectivity index (χ4n) is 2.83. The molecular weight excluding hydrogens is 258 g/mol. The number of carbonyl (C=O) groups is 1. The molecule has 0 aliphatic heterocycles. The maximum Gasteiger partial charge on any atom is 0.167 e. The SMILES string of the molecule is CN(C)C1=C(CC(=O)c2ccccc2C(C)(C)C)CC=C1. The minimum absolute atomic E-state index is 0.0149. The molecule has 0 unspecified atom stereocenters. The molecule has 1 aliphatic carbocycles. The molecule has 112 valence electrons. The van der Waals surface area contributed by atoms with E-state index in [4.69, 9.17) is 0 Å². The zero-order chi connectivity index (χ0) is 15.6. The number of hydrogen-bond donors (Lipinski definition) is 0. The Labute approximate surface area is 128 Å².